The number of benzene rings is 2. The first-order valence-electron chi connectivity index (χ1n) is 10.8. The first-order valence-corrected chi connectivity index (χ1v) is 17.0. The summed E-state index contributed by atoms with van der Waals surface area (Å²) in [6.45, 7) is 1.12. The Labute approximate surface area is 226 Å². The van der Waals surface area contributed by atoms with Crippen molar-refractivity contribution < 1.29 is 63.2 Å². The van der Waals surface area contributed by atoms with Gasteiger partial charge in [0.15, 0.2) is 15.3 Å². The number of sulfone groups is 2. The van der Waals surface area contributed by atoms with Gasteiger partial charge in [0.25, 0.3) is 20.2 Å². The molecule has 0 aliphatic carbocycles. The third-order valence-electron chi connectivity index (χ3n) is 5.32. The lowest BCUT2D eigenvalue weighted by Gasteiger charge is -2.23. The largest absolute Gasteiger partial charge is 0.395 e. The molecule has 0 heterocycles. The Morgan fingerprint density at radius 2 is 1.00 bits per heavy atom. The van der Waals surface area contributed by atoms with Crippen LogP contribution in [0.5, 0.6) is 0 Å². The van der Waals surface area contributed by atoms with Crippen LogP contribution in [0, 0.1) is 13.8 Å². The van der Waals surface area contributed by atoms with Gasteiger partial charge in [-0.05, 0) is 38.1 Å². The molecule has 0 fully saturated rings. The van der Waals surface area contributed by atoms with Gasteiger partial charge in [-0.3, -0.25) is 9.11 Å². The summed E-state index contributed by atoms with van der Waals surface area (Å²) in [5.41, 5.74) is -0.878. The van der Waals surface area contributed by atoms with Gasteiger partial charge in [0.1, 0.15) is 10.5 Å². The van der Waals surface area contributed by atoms with Crippen molar-refractivity contribution in [2.24, 2.45) is 0 Å². The Hall–Kier alpha value is -2.00. The number of aliphatic hydroxyl groups is 4. The molecule has 18 heteroatoms. The predicted octanol–water partition coefficient (Wildman–Crippen LogP) is -1.29. The third-order valence-corrected chi connectivity index (χ3v) is 11.8. The highest BCUT2D eigenvalue weighted by Crippen LogP contribution is 2.21. The zero-order chi connectivity index (χ0) is 30.4. The molecule has 0 saturated heterocycles. The molecule has 39 heavy (non-hydrogen) atoms. The molecule has 4 atom stereocenters. The SMILES string of the molecule is Cc1ccc(S(=O)(=O)c2ccc(C)cc2)cc1.O=S(=O)(O)C(O)C(CO)S(=O)(=O)CC(C(O)CO)S(=O)(=O)O. The summed E-state index contributed by atoms with van der Waals surface area (Å²) in [4.78, 5) is 0.680. The van der Waals surface area contributed by atoms with Gasteiger partial charge in [-0.15, -0.1) is 0 Å². The molecule has 6 N–H and O–H groups in total. The average Bonchev–Trinajstić information content (AvgIpc) is 2.82. The molecule has 0 bridgehead atoms. The van der Waals surface area contributed by atoms with Crippen LogP contribution in [-0.2, 0) is 39.9 Å². The van der Waals surface area contributed by atoms with Crippen molar-refractivity contribution >= 4 is 39.9 Å². The van der Waals surface area contributed by atoms with E-state index in [0.717, 1.165) is 11.1 Å². The summed E-state index contributed by atoms with van der Waals surface area (Å²) in [6.07, 6.45) is -2.23. The molecular weight excluding hydrogens is 604 g/mol. The molecule has 4 unspecified atom stereocenters. The molecular formula is C21H30O14S4. The van der Waals surface area contributed by atoms with Gasteiger partial charge < -0.3 is 20.4 Å². The van der Waals surface area contributed by atoms with Gasteiger partial charge in [-0.25, -0.2) is 16.8 Å². The molecule has 0 saturated carbocycles. The van der Waals surface area contributed by atoms with E-state index in [-0.39, 0.29) is 0 Å². The van der Waals surface area contributed by atoms with Crippen LogP contribution in [0.3, 0.4) is 0 Å². The summed E-state index contributed by atoms with van der Waals surface area (Å²) in [5, 5.41) is 30.9. The monoisotopic (exact) mass is 634 g/mol. The van der Waals surface area contributed by atoms with E-state index in [2.05, 4.69) is 0 Å². The Balaban J connectivity index is 0.000000400. The van der Waals surface area contributed by atoms with Crippen molar-refractivity contribution in [1.82, 2.24) is 0 Å². The second-order valence-corrected chi connectivity index (χ2v) is 15.8. The summed E-state index contributed by atoms with van der Waals surface area (Å²) in [5.74, 6) is -1.62. The molecule has 0 aliphatic heterocycles. The Bertz CT molecular complexity index is 1460. The van der Waals surface area contributed by atoms with Crippen LogP contribution < -0.4 is 0 Å². The van der Waals surface area contributed by atoms with Gasteiger partial charge >= 0.3 is 0 Å². The standard InChI is InChI=1S/C14H14O2S.C7H16O12S3/c1-11-3-7-13(8-4-11)17(15,16)14-9-5-12(2)6-10-14;8-1-4(10)6(21(14,15)16)3-20(12,13)5(2-9)7(11)22(17,18)19/h3-10H,1-2H3;4-11H,1-3H2,(H,14,15,16)(H,17,18,19). The summed E-state index contributed by atoms with van der Waals surface area (Å²) in [6, 6.07) is 13.8. The van der Waals surface area contributed by atoms with Gasteiger partial charge in [0, 0.05) is 0 Å². The fourth-order valence-corrected chi connectivity index (χ4v) is 8.92. The van der Waals surface area contributed by atoms with Crippen LogP contribution in [0.2, 0.25) is 0 Å². The fraction of sp³-hybridized carbons (Fsp3) is 0.429. The number of rotatable bonds is 11. The first kappa shape index (κ1) is 35.0. The predicted molar refractivity (Wildman–Crippen MR) is 138 cm³/mol. The normalized spacial score (nSPS) is 15.9. The van der Waals surface area contributed by atoms with Crippen LogP contribution in [0.1, 0.15) is 11.1 Å². The minimum Gasteiger partial charge on any atom is -0.395 e. The second-order valence-electron chi connectivity index (χ2n) is 8.39. The zero-order valence-electron chi connectivity index (χ0n) is 20.6. The average molecular weight is 635 g/mol. The second kappa shape index (κ2) is 13.6. The third kappa shape index (κ3) is 9.85. The van der Waals surface area contributed by atoms with E-state index in [4.69, 9.17) is 19.3 Å². The minimum atomic E-state index is -5.30. The van der Waals surface area contributed by atoms with Gasteiger partial charge in [-0.2, -0.15) is 16.8 Å². The van der Waals surface area contributed by atoms with E-state index in [9.17, 15) is 43.9 Å². The van der Waals surface area contributed by atoms with Crippen molar-refractivity contribution in [3.63, 3.8) is 0 Å². The van der Waals surface area contributed by atoms with Crippen LogP contribution in [0.15, 0.2) is 58.3 Å². The lowest BCUT2D eigenvalue weighted by molar-refractivity contribution is 0.0928. The topological polar surface area (TPSA) is 258 Å². The molecule has 0 spiro atoms. The van der Waals surface area contributed by atoms with Crippen molar-refractivity contribution in [1.29, 1.82) is 0 Å². The number of aryl methyl sites for hydroxylation is 2. The first-order chi connectivity index (χ1) is 17.7. The maximum absolute atomic E-state index is 12.3. The minimum absolute atomic E-state index is 0.340. The zero-order valence-corrected chi connectivity index (χ0v) is 23.9. The molecule has 2 rings (SSSR count). The van der Waals surface area contributed by atoms with E-state index >= 15 is 0 Å². The summed E-state index contributed by atoms with van der Waals surface area (Å²) >= 11 is 0. The lowest BCUT2D eigenvalue weighted by atomic mass is 10.2. The maximum Gasteiger partial charge on any atom is 0.293 e. The van der Waals surface area contributed by atoms with Gasteiger partial charge in [-0.1, -0.05) is 35.4 Å². The van der Waals surface area contributed by atoms with Crippen LogP contribution in [0.4, 0.5) is 0 Å². The number of aliphatic hydroxyl groups excluding tert-OH is 4. The molecule has 2 aromatic rings. The maximum atomic E-state index is 12.3. The Kier molecular flexibility index (Phi) is 12.2. The van der Waals surface area contributed by atoms with Crippen molar-refractivity contribution in [3.8, 4) is 0 Å². The quantitative estimate of drug-likeness (QED) is 0.157. The highest BCUT2D eigenvalue weighted by Gasteiger charge is 2.44. The Morgan fingerprint density at radius 3 is 1.28 bits per heavy atom. The lowest BCUT2D eigenvalue weighted by Crippen LogP contribution is -2.48. The molecule has 14 nitrogen and oxygen atoms in total. The van der Waals surface area contributed by atoms with Gasteiger partial charge in [0.05, 0.1) is 34.9 Å². The highest BCUT2D eigenvalue weighted by molar-refractivity contribution is 7.95. The van der Waals surface area contributed by atoms with Crippen LogP contribution >= 0.6 is 0 Å². The smallest absolute Gasteiger partial charge is 0.293 e. The Morgan fingerprint density at radius 1 is 0.615 bits per heavy atom. The van der Waals surface area contributed by atoms with E-state index in [0.29, 0.717) is 9.79 Å². The molecule has 222 valence electrons. The van der Waals surface area contributed by atoms with E-state index < -0.39 is 80.9 Å². The molecule has 0 aromatic heterocycles. The van der Waals surface area contributed by atoms with Crippen LogP contribution in [0.25, 0.3) is 0 Å². The fourth-order valence-electron chi connectivity index (χ4n) is 3.01. The molecule has 2 aromatic carbocycles. The molecule has 0 amide bonds. The highest BCUT2D eigenvalue weighted by atomic mass is 32.2. The number of hydrogen-bond donors (Lipinski definition) is 6. The molecule has 0 radical (unpaired) electrons. The van der Waals surface area contributed by atoms with Crippen molar-refractivity contribution in [2.75, 3.05) is 19.0 Å². The number of hydrogen-bond acceptors (Lipinski definition) is 12. The summed E-state index contributed by atoms with van der Waals surface area (Å²) in [7, 11) is -18.8. The van der Waals surface area contributed by atoms with Crippen molar-refractivity contribution in [3.05, 3.63) is 59.7 Å². The van der Waals surface area contributed by atoms with E-state index in [1.54, 1.807) is 48.5 Å². The van der Waals surface area contributed by atoms with Crippen molar-refractivity contribution in [2.45, 2.75) is 45.7 Å². The van der Waals surface area contributed by atoms with Gasteiger partial charge in [0.2, 0.25) is 9.84 Å². The van der Waals surface area contributed by atoms with Crippen LogP contribution in [-0.4, -0.2) is 104 Å². The van der Waals surface area contributed by atoms with E-state index in [1.807, 2.05) is 13.8 Å². The summed E-state index contributed by atoms with van der Waals surface area (Å²) < 4.78 is 109. The van der Waals surface area contributed by atoms with E-state index in [1.165, 1.54) is 0 Å². The molecule has 0 aliphatic rings.